The molecule has 72 valence electrons. The lowest BCUT2D eigenvalue weighted by atomic mass is 9.85. The smallest absolute Gasteiger partial charge is 0.248 e. The van der Waals surface area contributed by atoms with Crippen LogP contribution >= 0.6 is 15.9 Å². The Hall–Kier alpha value is -0.900. The Morgan fingerprint density at radius 1 is 1.29 bits per heavy atom. The normalized spacial score (nSPS) is 17.2. The van der Waals surface area contributed by atoms with Gasteiger partial charge in [-0.2, -0.15) is 0 Å². The highest BCUT2D eigenvalue weighted by Crippen LogP contribution is 2.36. The van der Waals surface area contributed by atoms with Gasteiger partial charge < -0.3 is 4.42 Å². The Morgan fingerprint density at radius 3 is 2.86 bits per heavy atom. The molecule has 0 spiro atoms. The van der Waals surface area contributed by atoms with Crippen molar-refractivity contribution in [1.29, 1.82) is 0 Å². The molecule has 1 saturated carbocycles. The zero-order valence-electron chi connectivity index (χ0n) is 7.53. The second-order valence-corrected chi connectivity index (χ2v) is 4.45. The van der Waals surface area contributed by atoms with Crippen LogP contribution in [0.4, 0.5) is 0 Å². The summed E-state index contributed by atoms with van der Waals surface area (Å²) in [6.07, 6.45) is 3.70. The summed E-state index contributed by atoms with van der Waals surface area (Å²) in [6, 6.07) is 3.81. The van der Waals surface area contributed by atoms with Crippen LogP contribution in [0.5, 0.6) is 0 Å². The van der Waals surface area contributed by atoms with Gasteiger partial charge in [0.1, 0.15) is 10.1 Å². The second-order valence-electron chi connectivity index (χ2n) is 3.64. The number of hydrogen-bond donors (Lipinski definition) is 0. The zero-order chi connectivity index (χ0) is 9.54. The molecular weight excluding hydrogens is 244 g/mol. The van der Waals surface area contributed by atoms with Crippen molar-refractivity contribution in [3.8, 4) is 0 Å². The first kappa shape index (κ1) is 8.41. The fourth-order valence-electron chi connectivity index (χ4n) is 1.64. The maximum atomic E-state index is 5.60. The van der Waals surface area contributed by atoms with Gasteiger partial charge in [-0.1, -0.05) is 6.42 Å². The number of hydrogen-bond acceptors (Lipinski definition) is 3. The van der Waals surface area contributed by atoms with Crippen LogP contribution in [0.2, 0.25) is 0 Å². The van der Waals surface area contributed by atoms with Gasteiger partial charge in [-0.25, -0.2) is 9.97 Å². The molecule has 0 bridgehead atoms. The van der Waals surface area contributed by atoms with Gasteiger partial charge in [-0.15, -0.1) is 0 Å². The highest BCUT2D eigenvalue weighted by molar-refractivity contribution is 9.10. The van der Waals surface area contributed by atoms with Crippen LogP contribution in [-0.4, -0.2) is 9.97 Å². The summed E-state index contributed by atoms with van der Waals surface area (Å²) < 4.78 is 6.39. The van der Waals surface area contributed by atoms with Crippen molar-refractivity contribution in [1.82, 2.24) is 9.97 Å². The number of rotatable bonds is 1. The minimum Gasteiger partial charge on any atom is -0.422 e. The number of oxazole rings is 1. The van der Waals surface area contributed by atoms with Crippen LogP contribution < -0.4 is 0 Å². The third-order valence-electron chi connectivity index (χ3n) is 2.69. The quantitative estimate of drug-likeness (QED) is 0.732. The number of pyridine rings is 1. The average molecular weight is 253 g/mol. The predicted octanol–water partition coefficient (Wildman–Crippen LogP) is 3.25. The third-order valence-corrected chi connectivity index (χ3v) is 3.13. The molecule has 0 atom stereocenters. The second kappa shape index (κ2) is 3.05. The topological polar surface area (TPSA) is 38.9 Å². The van der Waals surface area contributed by atoms with E-state index < -0.39 is 0 Å². The summed E-state index contributed by atoms with van der Waals surface area (Å²) in [6.45, 7) is 0. The van der Waals surface area contributed by atoms with E-state index in [2.05, 4.69) is 25.9 Å². The van der Waals surface area contributed by atoms with Crippen LogP contribution in [0.3, 0.4) is 0 Å². The average Bonchev–Trinajstić information content (AvgIpc) is 2.43. The van der Waals surface area contributed by atoms with Crippen molar-refractivity contribution in [2.45, 2.75) is 25.2 Å². The summed E-state index contributed by atoms with van der Waals surface area (Å²) in [4.78, 5) is 8.65. The van der Waals surface area contributed by atoms with E-state index in [0.29, 0.717) is 11.6 Å². The summed E-state index contributed by atoms with van der Waals surface area (Å²) in [5.41, 5.74) is 1.50. The molecule has 1 aliphatic carbocycles. The molecule has 0 unspecified atom stereocenters. The van der Waals surface area contributed by atoms with Crippen molar-refractivity contribution >= 4 is 27.2 Å². The minimum absolute atomic E-state index is 0.531. The van der Waals surface area contributed by atoms with Crippen molar-refractivity contribution in [2.75, 3.05) is 0 Å². The molecule has 2 aromatic heterocycles. The highest BCUT2D eigenvalue weighted by atomic mass is 79.9. The molecule has 0 N–H and O–H groups in total. The van der Waals surface area contributed by atoms with Crippen molar-refractivity contribution in [3.63, 3.8) is 0 Å². The van der Waals surface area contributed by atoms with E-state index in [4.69, 9.17) is 4.42 Å². The predicted molar refractivity (Wildman–Crippen MR) is 56.1 cm³/mol. The molecule has 1 aliphatic rings. The molecule has 0 saturated heterocycles. The van der Waals surface area contributed by atoms with Gasteiger partial charge >= 0.3 is 0 Å². The number of fused-ring (bicyclic) bond motifs is 1. The van der Waals surface area contributed by atoms with Gasteiger partial charge in [0, 0.05) is 5.92 Å². The van der Waals surface area contributed by atoms with Crippen LogP contribution in [0.15, 0.2) is 21.2 Å². The Labute approximate surface area is 89.7 Å². The van der Waals surface area contributed by atoms with E-state index in [1.165, 1.54) is 19.3 Å². The molecule has 0 radical (unpaired) electrons. The standard InChI is InChI=1S/C10H9BrN2O/c11-8-5-4-7-10(13-8)14-9(12-7)6-2-1-3-6/h4-6H,1-3H2. The Kier molecular flexibility index (Phi) is 1.83. The summed E-state index contributed by atoms with van der Waals surface area (Å²) in [5.74, 6) is 1.39. The maximum absolute atomic E-state index is 5.60. The monoisotopic (exact) mass is 252 g/mol. The Morgan fingerprint density at radius 2 is 2.14 bits per heavy atom. The summed E-state index contributed by atoms with van der Waals surface area (Å²) >= 11 is 3.31. The Balaban J connectivity index is 2.10. The largest absolute Gasteiger partial charge is 0.422 e. The summed E-state index contributed by atoms with van der Waals surface area (Å²) in [7, 11) is 0. The molecular formula is C10H9BrN2O. The van der Waals surface area contributed by atoms with Crippen molar-refractivity contribution in [3.05, 3.63) is 22.6 Å². The molecule has 3 rings (SSSR count). The van der Waals surface area contributed by atoms with E-state index in [-0.39, 0.29) is 0 Å². The first-order chi connectivity index (χ1) is 6.83. The lowest BCUT2D eigenvalue weighted by molar-refractivity contribution is 0.342. The SMILES string of the molecule is Brc1ccc2nc(C3CCC3)oc2n1. The van der Waals surface area contributed by atoms with E-state index in [1.54, 1.807) is 0 Å². The van der Waals surface area contributed by atoms with E-state index in [0.717, 1.165) is 16.0 Å². The molecule has 1 fully saturated rings. The molecule has 3 nitrogen and oxygen atoms in total. The number of aromatic nitrogens is 2. The van der Waals surface area contributed by atoms with Gasteiger partial charge in [0.05, 0.1) is 0 Å². The fraction of sp³-hybridized carbons (Fsp3) is 0.400. The van der Waals surface area contributed by atoms with E-state index >= 15 is 0 Å². The molecule has 0 aliphatic heterocycles. The number of nitrogens with zero attached hydrogens (tertiary/aromatic N) is 2. The Bertz CT molecular complexity index is 476. The maximum Gasteiger partial charge on any atom is 0.248 e. The zero-order valence-corrected chi connectivity index (χ0v) is 9.12. The summed E-state index contributed by atoms with van der Waals surface area (Å²) in [5, 5.41) is 0. The van der Waals surface area contributed by atoms with Gasteiger partial charge in [0.25, 0.3) is 0 Å². The minimum atomic E-state index is 0.531. The lowest BCUT2D eigenvalue weighted by Crippen LogP contribution is -2.08. The van der Waals surface area contributed by atoms with Gasteiger partial charge in [-0.05, 0) is 40.9 Å². The van der Waals surface area contributed by atoms with Crippen LogP contribution in [-0.2, 0) is 0 Å². The molecule has 14 heavy (non-hydrogen) atoms. The van der Waals surface area contributed by atoms with Crippen LogP contribution in [0.25, 0.3) is 11.2 Å². The molecule has 0 amide bonds. The first-order valence-electron chi connectivity index (χ1n) is 4.76. The van der Waals surface area contributed by atoms with Gasteiger partial charge in [-0.3, -0.25) is 0 Å². The van der Waals surface area contributed by atoms with Crippen molar-refractivity contribution in [2.24, 2.45) is 0 Å². The van der Waals surface area contributed by atoms with E-state index in [1.807, 2.05) is 12.1 Å². The highest BCUT2D eigenvalue weighted by Gasteiger charge is 2.24. The van der Waals surface area contributed by atoms with Gasteiger partial charge in [0.15, 0.2) is 0 Å². The molecule has 4 heteroatoms. The van der Waals surface area contributed by atoms with Gasteiger partial charge in [0.2, 0.25) is 11.6 Å². The first-order valence-corrected chi connectivity index (χ1v) is 5.55. The van der Waals surface area contributed by atoms with Crippen LogP contribution in [0.1, 0.15) is 31.1 Å². The van der Waals surface area contributed by atoms with E-state index in [9.17, 15) is 0 Å². The number of halogens is 1. The lowest BCUT2D eigenvalue weighted by Gasteiger charge is -2.21. The third kappa shape index (κ3) is 1.25. The molecule has 2 aromatic rings. The van der Waals surface area contributed by atoms with Crippen LogP contribution in [0, 0.1) is 0 Å². The van der Waals surface area contributed by atoms with Crippen molar-refractivity contribution < 1.29 is 4.42 Å². The fourth-order valence-corrected chi connectivity index (χ4v) is 1.93. The molecule has 0 aromatic carbocycles. The molecule has 2 heterocycles.